The Bertz CT molecular complexity index is 1560. The van der Waals surface area contributed by atoms with Crippen LogP contribution < -0.4 is 14.8 Å². The summed E-state index contributed by atoms with van der Waals surface area (Å²) >= 11 is 0. The van der Waals surface area contributed by atoms with Crippen LogP contribution in [0.15, 0.2) is 50.1 Å². The predicted octanol–water partition coefficient (Wildman–Crippen LogP) is 7.53. The van der Waals surface area contributed by atoms with Gasteiger partial charge in [0, 0.05) is 24.6 Å². The molecule has 0 bridgehead atoms. The molecule has 0 spiro atoms. The number of amides is 2. The van der Waals surface area contributed by atoms with E-state index in [-0.39, 0.29) is 18.8 Å². The number of alkyl halides is 3. The van der Waals surface area contributed by atoms with Crippen LogP contribution in [0.5, 0.6) is 11.6 Å². The van der Waals surface area contributed by atoms with Gasteiger partial charge >= 0.3 is 12.2 Å². The highest BCUT2D eigenvalue weighted by Crippen LogP contribution is 2.41. The van der Waals surface area contributed by atoms with Gasteiger partial charge in [-0.25, -0.2) is 19.3 Å². The quantitative estimate of drug-likeness (QED) is 0.0932. The minimum Gasteiger partial charge on any atom is -0.494 e. The second kappa shape index (κ2) is 15.9. The van der Waals surface area contributed by atoms with Crippen molar-refractivity contribution < 1.29 is 31.9 Å². The van der Waals surface area contributed by atoms with Crippen LogP contribution in [0.1, 0.15) is 65.6 Å². The zero-order chi connectivity index (χ0) is 35.9. The fraction of sp³-hybridized carbons (Fsp3) is 0.545. The van der Waals surface area contributed by atoms with Crippen molar-refractivity contribution in [2.75, 3.05) is 20.3 Å². The molecule has 0 fully saturated rings. The van der Waals surface area contributed by atoms with Crippen LogP contribution in [-0.2, 0) is 4.43 Å². The topological polar surface area (TPSA) is 116 Å². The van der Waals surface area contributed by atoms with Gasteiger partial charge in [-0.2, -0.15) is 18.3 Å². The Balaban J connectivity index is 1.91. The SMILES string of the molecule is C=CCCOc1nc(-c2cc([C@@H](C)N(CC)C(=O)N[C@H](CC=C)CC(O[Si](C)(C)C(C)(C)C)C(F)(F)F)ncc2OC)cn2ncnc12. The third-order valence-electron chi connectivity index (χ3n) is 8.56. The monoisotopic (exact) mass is 691 g/mol. The van der Waals surface area contributed by atoms with Gasteiger partial charge in [0.2, 0.25) is 5.65 Å². The molecular weight excluding hydrogens is 643 g/mol. The number of nitrogens with zero attached hydrogens (tertiary/aromatic N) is 6. The van der Waals surface area contributed by atoms with Crippen molar-refractivity contribution >= 4 is 20.0 Å². The van der Waals surface area contributed by atoms with Gasteiger partial charge < -0.3 is 24.1 Å². The maximum atomic E-state index is 14.3. The molecule has 0 radical (unpaired) electrons. The van der Waals surface area contributed by atoms with Crippen LogP contribution in [0, 0.1) is 0 Å². The van der Waals surface area contributed by atoms with E-state index in [0.717, 1.165) is 0 Å². The lowest BCUT2D eigenvalue weighted by Crippen LogP contribution is -2.52. The molecule has 0 aliphatic carbocycles. The lowest BCUT2D eigenvalue weighted by Gasteiger charge is -2.40. The average Bonchev–Trinajstić information content (AvgIpc) is 3.49. The van der Waals surface area contributed by atoms with Gasteiger partial charge in [-0.3, -0.25) is 4.98 Å². The minimum absolute atomic E-state index is 0.129. The smallest absolute Gasteiger partial charge is 0.413 e. The molecule has 11 nitrogen and oxygen atoms in total. The summed E-state index contributed by atoms with van der Waals surface area (Å²) in [5.41, 5.74) is 1.98. The first-order valence-electron chi connectivity index (χ1n) is 15.9. The highest BCUT2D eigenvalue weighted by atomic mass is 28.4. The second-order valence-corrected chi connectivity index (χ2v) is 17.7. The molecule has 0 saturated heterocycles. The maximum Gasteiger partial charge on any atom is 0.413 e. The fourth-order valence-electron chi connectivity index (χ4n) is 4.78. The Morgan fingerprint density at radius 1 is 1.19 bits per heavy atom. The van der Waals surface area contributed by atoms with Crippen LogP contribution in [0.3, 0.4) is 0 Å². The van der Waals surface area contributed by atoms with E-state index in [2.05, 4.69) is 38.5 Å². The fourth-order valence-corrected chi connectivity index (χ4v) is 6.08. The molecule has 2 amide bonds. The number of ether oxygens (including phenoxy) is 2. The number of aromatic nitrogens is 5. The van der Waals surface area contributed by atoms with Crippen LogP contribution in [-0.4, -0.2) is 82.4 Å². The number of halogens is 3. The van der Waals surface area contributed by atoms with Gasteiger partial charge in [0.05, 0.1) is 43.5 Å². The molecule has 48 heavy (non-hydrogen) atoms. The Hall–Kier alpha value is -3.98. The van der Waals surface area contributed by atoms with E-state index in [1.54, 1.807) is 49.8 Å². The lowest BCUT2D eigenvalue weighted by atomic mass is 10.1. The van der Waals surface area contributed by atoms with Crippen LogP contribution in [0.4, 0.5) is 18.0 Å². The van der Waals surface area contributed by atoms with Crippen LogP contribution >= 0.6 is 0 Å². The molecule has 0 aromatic carbocycles. The lowest BCUT2D eigenvalue weighted by molar-refractivity contribution is -0.201. The molecule has 0 aliphatic heterocycles. The van der Waals surface area contributed by atoms with Crippen LogP contribution in [0.25, 0.3) is 16.9 Å². The van der Waals surface area contributed by atoms with Gasteiger partial charge in [0.1, 0.15) is 18.2 Å². The summed E-state index contributed by atoms with van der Waals surface area (Å²) in [5.74, 6) is 0.700. The van der Waals surface area contributed by atoms with Crippen molar-refractivity contribution in [3.05, 3.63) is 55.8 Å². The summed E-state index contributed by atoms with van der Waals surface area (Å²) in [4.78, 5) is 28.6. The molecule has 264 valence electrons. The van der Waals surface area contributed by atoms with E-state index in [9.17, 15) is 18.0 Å². The van der Waals surface area contributed by atoms with Crippen molar-refractivity contribution in [3.63, 3.8) is 0 Å². The molecule has 15 heteroatoms. The second-order valence-electron chi connectivity index (χ2n) is 13.0. The molecule has 3 atom stereocenters. The van der Waals surface area contributed by atoms with E-state index in [1.807, 2.05) is 20.8 Å². The molecule has 0 saturated carbocycles. The zero-order valence-electron chi connectivity index (χ0n) is 29.1. The molecule has 0 aliphatic rings. The molecule has 3 aromatic rings. The number of rotatable bonds is 16. The van der Waals surface area contributed by atoms with Gasteiger partial charge in [-0.1, -0.05) is 32.9 Å². The Morgan fingerprint density at radius 3 is 2.48 bits per heavy atom. The summed E-state index contributed by atoms with van der Waals surface area (Å²) in [7, 11) is -1.27. The molecule has 3 rings (SSSR count). The maximum absolute atomic E-state index is 14.3. The van der Waals surface area contributed by atoms with Gasteiger partial charge in [-0.05, 0) is 50.9 Å². The third kappa shape index (κ3) is 9.34. The number of hydrogen-bond acceptors (Lipinski definition) is 8. The largest absolute Gasteiger partial charge is 0.494 e. The van der Waals surface area contributed by atoms with Crippen molar-refractivity contribution in [3.8, 4) is 22.9 Å². The first-order chi connectivity index (χ1) is 22.5. The summed E-state index contributed by atoms with van der Waals surface area (Å²) in [6.07, 6.45) is 1.48. The summed E-state index contributed by atoms with van der Waals surface area (Å²) in [6, 6.07) is -0.231. The summed E-state index contributed by atoms with van der Waals surface area (Å²) in [6.45, 7) is 20.8. The van der Waals surface area contributed by atoms with E-state index in [4.69, 9.17) is 13.9 Å². The number of nitrogens with one attached hydrogen (secondary N) is 1. The molecule has 1 unspecified atom stereocenters. The Morgan fingerprint density at radius 2 is 1.90 bits per heavy atom. The third-order valence-corrected chi connectivity index (χ3v) is 13.0. The van der Waals surface area contributed by atoms with Gasteiger partial charge in [-0.15, -0.1) is 13.2 Å². The predicted molar refractivity (Wildman–Crippen MR) is 182 cm³/mol. The molecule has 3 aromatic heterocycles. The Kier molecular flexibility index (Phi) is 12.8. The van der Waals surface area contributed by atoms with Crippen molar-refractivity contribution in [2.24, 2.45) is 0 Å². The highest BCUT2D eigenvalue weighted by molar-refractivity contribution is 6.74. The Labute approximate surface area is 281 Å². The van der Waals surface area contributed by atoms with Crippen molar-refractivity contribution in [1.29, 1.82) is 0 Å². The van der Waals surface area contributed by atoms with Crippen molar-refractivity contribution in [2.45, 2.75) is 96.4 Å². The molecular formula is C33H48F3N7O4Si. The number of pyridine rings is 1. The highest BCUT2D eigenvalue weighted by Gasteiger charge is 2.48. The van der Waals surface area contributed by atoms with Gasteiger partial charge in [0.25, 0.3) is 5.88 Å². The number of hydrogen-bond donors (Lipinski definition) is 1. The van der Waals surface area contributed by atoms with E-state index in [1.165, 1.54) is 30.6 Å². The summed E-state index contributed by atoms with van der Waals surface area (Å²) < 4.78 is 61.6. The standard InChI is InChI=1S/C33H48F3N7O4Si/c1-11-14-16-46-30-29-38-21-39-43(29)20-26(41-30)24-18-25(37-19-27(24)45-8)22(4)42(13-3)31(44)40-23(15-12-2)17-28(33(34,35)36)47-48(9,10)32(5,6)7/h11-12,18-23,28H,1-2,13-17H2,3-10H3,(H,40,44)/t22-,23-,28?/m1/s1. The van der Waals surface area contributed by atoms with E-state index < -0.39 is 50.2 Å². The first kappa shape index (κ1) is 38.5. The minimum atomic E-state index is -4.61. The normalized spacial score (nSPS) is 14.2. The van der Waals surface area contributed by atoms with E-state index >= 15 is 0 Å². The van der Waals surface area contributed by atoms with Crippen molar-refractivity contribution in [1.82, 2.24) is 34.8 Å². The van der Waals surface area contributed by atoms with E-state index in [0.29, 0.717) is 41.4 Å². The zero-order valence-corrected chi connectivity index (χ0v) is 30.1. The molecule has 3 heterocycles. The van der Waals surface area contributed by atoms with Gasteiger partial charge in [0.15, 0.2) is 8.32 Å². The number of carbonyl (C=O) groups excluding carboxylic acids is 1. The number of fused-ring (bicyclic) bond motifs is 1. The number of urea groups is 1. The number of carbonyl (C=O) groups is 1. The number of methoxy groups -OCH3 is 1. The average molecular weight is 692 g/mol. The molecule has 1 N–H and O–H groups in total. The summed E-state index contributed by atoms with van der Waals surface area (Å²) in [5, 5.41) is 6.63. The van der Waals surface area contributed by atoms with Crippen LogP contribution in [0.2, 0.25) is 18.1 Å². The first-order valence-corrected chi connectivity index (χ1v) is 18.8.